The number of H-pyrrole nitrogens is 1. The molecule has 1 heterocycles. The number of aryl methyl sites for hydroxylation is 1. The molecule has 2 atom stereocenters. The Kier molecular flexibility index (Phi) is 3.72. The van der Waals surface area contributed by atoms with Crippen molar-refractivity contribution in [1.82, 2.24) is 20.5 Å². The molecule has 0 saturated heterocycles. The van der Waals surface area contributed by atoms with E-state index in [-0.39, 0.29) is 17.9 Å². The molecule has 0 bridgehead atoms. The van der Waals surface area contributed by atoms with Crippen LogP contribution < -0.4 is 5.32 Å². The molecule has 0 aliphatic heterocycles. The van der Waals surface area contributed by atoms with Crippen molar-refractivity contribution < 1.29 is 4.39 Å². The Morgan fingerprint density at radius 2 is 2.06 bits per heavy atom. The SMILES string of the molecule is Cc1ccc(C(C)NC(C)c2ncn[nH]2)cc1F. The van der Waals surface area contributed by atoms with Gasteiger partial charge in [-0.3, -0.25) is 5.10 Å². The molecule has 1 aromatic carbocycles. The van der Waals surface area contributed by atoms with Crippen molar-refractivity contribution in [2.24, 2.45) is 0 Å². The summed E-state index contributed by atoms with van der Waals surface area (Å²) in [5.74, 6) is 0.600. The summed E-state index contributed by atoms with van der Waals surface area (Å²) in [6.07, 6.45) is 1.48. The van der Waals surface area contributed by atoms with Crippen molar-refractivity contribution in [3.8, 4) is 0 Å². The predicted octanol–water partition coefficient (Wildman–Crippen LogP) is 2.66. The molecular weight excluding hydrogens is 231 g/mol. The molecule has 0 fully saturated rings. The average Bonchev–Trinajstić information content (AvgIpc) is 2.86. The van der Waals surface area contributed by atoms with Crippen LogP contribution in [-0.4, -0.2) is 15.2 Å². The van der Waals surface area contributed by atoms with Gasteiger partial charge in [-0.25, -0.2) is 9.37 Å². The Bertz CT molecular complexity index is 510. The third-order valence-electron chi connectivity index (χ3n) is 3.04. The van der Waals surface area contributed by atoms with Crippen molar-refractivity contribution >= 4 is 0 Å². The number of halogens is 1. The van der Waals surface area contributed by atoms with Gasteiger partial charge in [0, 0.05) is 6.04 Å². The first-order chi connectivity index (χ1) is 8.58. The van der Waals surface area contributed by atoms with Crippen LogP contribution in [0.15, 0.2) is 24.5 Å². The lowest BCUT2D eigenvalue weighted by molar-refractivity contribution is 0.475. The van der Waals surface area contributed by atoms with Crippen LogP contribution in [0, 0.1) is 12.7 Å². The average molecular weight is 248 g/mol. The van der Waals surface area contributed by atoms with Crippen LogP contribution in [-0.2, 0) is 0 Å². The van der Waals surface area contributed by atoms with Crippen molar-refractivity contribution in [2.45, 2.75) is 32.9 Å². The van der Waals surface area contributed by atoms with E-state index in [0.717, 1.165) is 11.4 Å². The third-order valence-corrected chi connectivity index (χ3v) is 3.04. The Labute approximate surface area is 106 Å². The number of nitrogens with zero attached hydrogens (tertiary/aromatic N) is 2. The molecule has 2 unspecified atom stereocenters. The van der Waals surface area contributed by atoms with E-state index < -0.39 is 0 Å². The Morgan fingerprint density at radius 3 is 2.67 bits per heavy atom. The Balaban J connectivity index is 2.07. The highest BCUT2D eigenvalue weighted by Gasteiger charge is 2.13. The molecule has 4 nitrogen and oxygen atoms in total. The summed E-state index contributed by atoms with van der Waals surface area (Å²) in [5, 5.41) is 9.97. The molecule has 2 aromatic rings. The first-order valence-electron chi connectivity index (χ1n) is 5.95. The number of hydrogen-bond acceptors (Lipinski definition) is 3. The van der Waals surface area contributed by atoms with E-state index in [1.54, 1.807) is 19.1 Å². The fourth-order valence-electron chi connectivity index (χ4n) is 1.85. The zero-order chi connectivity index (χ0) is 13.1. The second-order valence-corrected chi connectivity index (χ2v) is 4.49. The zero-order valence-corrected chi connectivity index (χ0v) is 10.7. The van der Waals surface area contributed by atoms with Crippen LogP contribution in [0.2, 0.25) is 0 Å². The third kappa shape index (κ3) is 2.73. The van der Waals surface area contributed by atoms with Gasteiger partial charge in [0.25, 0.3) is 0 Å². The fourth-order valence-corrected chi connectivity index (χ4v) is 1.85. The van der Waals surface area contributed by atoms with Crippen molar-refractivity contribution in [1.29, 1.82) is 0 Å². The minimum absolute atomic E-state index is 0.0341. The molecule has 5 heteroatoms. The van der Waals surface area contributed by atoms with Gasteiger partial charge in [0.2, 0.25) is 0 Å². The largest absolute Gasteiger partial charge is 0.301 e. The fraction of sp³-hybridized carbons (Fsp3) is 0.385. The van der Waals surface area contributed by atoms with Crippen LogP contribution in [0.5, 0.6) is 0 Å². The summed E-state index contributed by atoms with van der Waals surface area (Å²) in [5.41, 5.74) is 1.58. The van der Waals surface area contributed by atoms with E-state index in [1.807, 2.05) is 19.9 Å². The lowest BCUT2D eigenvalue weighted by Gasteiger charge is -2.19. The number of benzene rings is 1. The van der Waals surface area contributed by atoms with Crippen molar-refractivity contribution in [3.05, 3.63) is 47.3 Å². The van der Waals surface area contributed by atoms with E-state index in [0.29, 0.717) is 5.56 Å². The zero-order valence-electron chi connectivity index (χ0n) is 10.7. The van der Waals surface area contributed by atoms with Gasteiger partial charge in [-0.2, -0.15) is 5.10 Å². The molecule has 1 aromatic heterocycles. The van der Waals surface area contributed by atoms with Crippen LogP contribution in [0.1, 0.15) is 42.9 Å². The number of aromatic nitrogens is 3. The molecule has 0 amide bonds. The van der Waals surface area contributed by atoms with Crippen LogP contribution in [0.4, 0.5) is 4.39 Å². The highest BCUT2D eigenvalue weighted by atomic mass is 19.1. The van der Waals surface area contributed by atoms with Gasteiger partial charge in [0.1, 0.15) is 18.0 Å². The van der Waals surface area contributed by atoms with Gasteiger partial charge in [-0.15, -0.1) is 0 Å². The standard InChI is InChI=1S/C13H17FN4/c1-8-4-5-11(6-12(8)14)9(2)17-10(3)13-15-7-16-18-13/h4-7,9-10,17H,1-3H3,(H,15,16,18). The molecule has 18 heavy (non-hydrogen) atoms. The van der Waals surface area contributed by atoms with Crippen LogP contribution >= 0.6 is 0 Å². The van der Waals surface area contributed by atoms with Gasteiger partial charge in [-0.1, -0.05) is 12.1 Å². The quantitative estimate of drug-likeness (QED) is 0.874. The van der Waals surface area contributed by atoms with Gasteiger partial charge in [-0.05, 0) is 38.0 Å². The second-order valence-electron chi connectivity index (χ2n) is 4.49. The Hall–Kier alpha value is -1.75. The number of rotatable bonds is 4. The molecule has 0 radical (unpaired) electrons. The summed E-state index contributed by atoms with van der Waals surface area (Å²) in [4.78, 5) is 4.09. The van der Waals surface area contributed by atoms with E-state index in [1.165, 1.54) is 6.33 Å². The lowest BCUT2D eigenvalue weighted by atomic mass is 10.1. The van der Waals surface area contributed by atoms with E-state index >= 15 is 0 Å². The Morgan fingerprint density at radius 1 is 1.28 bits per heavy atom. The highest BCUT2D eigenvalue weighted by molar-refractivity contribution is 5.25. The first kappa shape index (κ1) is 12.7. The van der Waals surface area contributed by atoms with Crippen LogP contribution in [0.25, 0.3) is 0 Å². The summed E-state index contributed by atoms with van der Waals surface area (Å²) in [6.45, 7) is 5.74. The monoisotopic (exact) mass is 248 g/mol. The van der Waals surface area contributed by atoms with E-state index in [2.05, 4.69) is 20.5 Å². The van der Waals surface area contributed by atoms with E-state index in [4.69, 9.17) is 0 Å². The maximum absolute atomic E-state index is 13.5. The van der Waals surface area contributed by atoms with Crippen LogP contribution in [0.3, 0.4) is 0 Å². The highest BCUT2D eigenvalue weighted by Crippen LogP contribution is 2.19. The van der Waals surface area contributed by atoms with Crippen molar-refractivity contribution in [2.75, 3.05) is 0 Å². The number of aromatic amines is 1. The molecule has 0 spiro atoms. The molecule has 0 aliphatic rings. The van der Waals surface area contributed by atoms with Gasteiger partial charge in [0.15, 0.2) is 0 Å². The molecule has 0 aliphatic carbocycles. The first-order valence-corrected chi connectivity index (χ1v) is 5.95. The smallest absolute Gasteiger partial charge is 0.141 e. The predicted molar refractivity (Wildman–Crippen MR) is 67.5 cm³/mol. The van der Waals surface area contributed by atoms with E-state index in [9.17, 15) is 4.39 Å². The summed E-state index contributed by atoms with van der Waals surface area (Å²) < 4.78 is 13.5. The number of hydrogen-bond donors (Lipinski definition) is 2. The maximum atomic E-state index is 13.5. The van der Waals surface area contributed by atoms with Crippen molar-refractivity contribution in [3.63, 3.8) is 0 Å². The molecule has 96 valence electrons. The van der Waals surface area contributed by atoms with Gasteiger partial charge in [0.05, 0.1) is 6.04 Å². The molecular formula is C13H17FN4. The maximum Gasteiger partial charge on any atom is 0.141 e. The molecule has 2 rings (SSSR count). The second kappa shape index (κ2) is 5.27. The lowest BCUT2D eigenvalue weighted by Crippen LogP contribution is -2.23. The van der Waals surface area contributed by atoms with Gasteiger partial charge >= 0.3 is 0 Å². The topological polar surface area (TPSA) is 53.6 Å². The summed E-state index contributed by atoms with van der Waals surface area (Å²) in [6, 6.07) is 5.37. The number of nitrogens with one attached hydrogen (secondary N) is 2. The molecule has 2 N–H and O–H groups in total. The molecule has 0 saturated carbocycles. The summed E-state index contributed by atoms with van der Waals surface area (Å²) in [7, 11) is 0. The minimum atomic E-state index is -0.173. The normalized spacial score (nSPS) is 14.4. The summed E-state index contributed by atoms with van der Waals surface area (Å²) >= 11 is 0. The van der Waals surface area contributed by atoms with Gasteiger partial charge < -0.3 is 5.32 Å². The minimum Gasteiger partial charge on any atom is -0.301 e.